The van der Waals surface area contributed by atoms with E-state index in [4.69, 9.17) is 10.5 Å². The minimum absolute atomic E-state index is 0.530. The van der Waals surface area contributed by atoms with Crippen molar-refractivity contribution >= 4 is 5.52 Å². The molecule has 0 aliphatic carbocycles. The summed E-state index contributed by atoms with van der Waals surface area (Å²) < 4.78 is 7.30. The zero-order valence-electron chi connectivity index (χ0n) is 10.8. The molecule has 2 heterocycles. The summed E-state index contributed by atoms with van der Waals surface area (Å²) in [6.45, 7) is 0.530. The summed E-state index contributed by atoms with van der Waals surface area (Å²) in [7, 11) is 1.67. The number of hydrogen-bond acceptors (Lipinski definition) is 2. The molecule has 0 saturated carbocycles. The van der Waals surface area contributed by atoms with Gasteiger partial charge in [0.1, 0.15) is 5.75 Å². The number of nitrogens with two attached hydrogens (primary N) is 1. The van der Waals surface area contributed by atoms with Gasteiger partial charge >= 0.3 is 0 Å². The van der Waals surface area contributed by atoms with Crippen molar-refractivity contribution < 1.29 is 4.74 Å². The first kappa shape index (κ1) is 11.8. The first-order valence-electron chi connectivity index (χ1n) is 6.26. The van der Waals surface area contributed by atoms with Crippen LogP contribution in [0, 0.1) is 0 Å². The van der Waals surface area contributed by atoms with Crippen LogP contribution in [0.15, 0.2) is 54.9 Å². The van der Waals surface area contributed by atoms with Crippen molar-refractivity contribution in [1.82, 2.24) is 4.40 Å². The Morgan fingerprint density at radius 3 is 2.58 bits per heavy atom. The van der Waals surface area contributed by atoms with Crippen molar-refractivity contribution in [1.29, 1.82) is 0 Å². The summed E-state index contributed by atoms with van der Waals surface area (Å²) in [5, 5.41) is 0. The van der Waals surface area contributed by atoms with Crippen LogP contribution in [0.3, 0.4) is 0 Å². The highest BCUT2D eigenvalue weighted by atomic mass is 16.5. The van der Waals surface area contributed by atoms with E-state index in [-0.39, 0.29) is 0 Å². The Morgan fingerprint density at radius 1 is 1.11 bits per heavy atom. The van der Waals surface area contributed by atoms with Gasteiger partial charge in [0.25, 0.3) is 0 Å². The summed E-state index contributed by atoms with van der Waals surface area (Å²) in [5.41, 5.74) is 10.6. The van der Waals surface area contributed by atoms with E-state index in [2.05, 4.69) is 28.8 Å². The van der Waals surface area contributed by atoms with Gasteiger partial charge in [0.2, 0.25) is 0 Å². The lowest BCUT2D eigenvalue weighted by atomic mass is 10.0. The third-order valence-corrected chi connectivity index (χ3v) is 3.40. The van der Waals surface area contributed by atoms with Crippen molar-refractivity contribution in [3.05, 3.63) is 60.4 Å². The van der Waals surface area contributed by atoms with E-state index >= 15 is 0 Å². The Bertz CT molecular complexity index is 698. The molecule has 0 fully saturated rings. The van der Waals surface area contributed by atoms with Crippen LogP contribution in [0.5, 0.6) is 5.75 Å². The number of hydrogen-bond donors (Lipinski definition) is 1. The van der Waals surface area contributed by atoms with Crippen LogP contribution in [0.1, 0.15) is 5.56 Å². The molecule has 0 spiro atoms. The molecule has 3 aromatic rings. The van der Waals surface area contributed by atoms with E-state index < -0.39 is 0 Å². The van der Waals surface area contributed by atoms with Gasteiger partial charge in [-0.2, -0.15) is 0 Å². The molecule has 2 aromatic heterocycles. The van der Waals surface area contributed by atoms with Crippen LogP contribution in [-0.2, 0) is 6.54 Å². The largest absolute Gasteiger partial charge is 0.497 e. The number of nitrogens with zero attached hydrogens (tertiary/aromatic N) is 1. The molecule has 0 amide bonds. The molecule has 96 valence electrons. The van der Waals surface area contributed by atoms with Crippen LogP contribution in [0.4, 0.5) is 0 Å². The van der Waals surface area contributed by atoms with Crippen LogP contribution >= 0.6 is 0 Å². The fourth-order valence-corrected chi connectivity index (χ4v) is 2.41. The van der Waals surface area contributed by atoms with Gasteiger partial charge < -0.3 is 14.9 Å². The van der Waals surface area contributed by atoms with Gasteiger partial charge in [0.15, 0.2) is 0 Å². The Morgan fingerprint density at radius 2 is 1.89 bits per heavy atom. The number of fused-ring (bicyclic) bond motifs is 1. The summed E-state index contributed by atoms with van der Waals surface area (Å²) in [4.78, 5) is 0. The Labute approximate surface area is 112 Å². The lowest BCUT2D eigenvalue weighted by molar-refractivity contribution is 0.415. The highest BCUT2D eigenvalue weighted by molar-refractivity contribution is 5.76. The Kier molecular flexibility index (Phi) is 2.97. The number of rotatable bonds is 3. The van der Waals surface area contributed by atoms with Gasteiger partial charge in [0, 0.05) is 24.5 Å². The molecule has 0 bridgehead atoms. The predicted octanol–water partition coefficient (Wildman–Crippen LogP) is 3.07. The molecule has 3 heteroatoms. The first-order chi connectivity index (χ1) is 9.33. The standard InChI is InChI=1S/C16H16N2O/c1-19-13-7-5-12(6-8-13)15-11-18-9-3-2-4-16(18)14(15)10-17/h2-9,11H,10,17H2,1H3. The van der Waals surface area contributed by atoms with Crippen molar-refractivity contribution in [2.45, 2.75) is 6.54 Å². The number of benzene rings is 1. The van der Waals surface area contributed by atoms with Crippen molar-refractivity contribution in [3.8, 4) is 16.9 Å². The lowest BCUT2D eigenvalue weighted by Crippen LogP contribution is -1.97. The minimum atomic E-state index is 0.530. The molecule has 0 radical (unpaired) electrons. The van der Waals surface area contributed by atoms with Crippen molar-refractivity contribution in [2.75, 3.05) is 7.11 Å². The minimum Gasteiger partial charge on any atom is -0.497 e. The van der Waals surface area contributed by atoms with Crippen molar-refractivity contribution in [3.63, 3.8) is 0 Å². The van der Waals surface area contributed by atoms with E-state index in [1.54, 1.807) is 7.11 Å². The van der Waals surface area contributed by atoms with Crippen molar-refractivity contribution in [2.24, 2.45) is 5.73 Å². The molecule has 1 aromatic carbocycles. The summed E-state index contributed by atoms with van der Waals surface area (Å²) in [6, 6.07) is 14.2. The molecule has 0 aliphatic heterocycles. The second kappa shape index (κ2) is 4.78. The topological polar surface area (TPSA) is 39.7 Å². The molecule has 3 nitrogen and oxygen atoms in total. The van der Waals surface area contributed by atoms with Crippen LogP contribution < -0.4 is 10.5 Å². The SMILES string of the molecule is COc1ccc(-c2cn3ccccc3c2CN)cc1. The quantitative estimate of drug-likeness (QED) is 0.778. The third kappa shape index (κ3) is 1.98. The number of aromatic nitrogens is 1. The van der Waals surface area contributed by atoms with Gasteiger partial charge in [0.05, 0.1) is 12.6 Å². The maximum atomic E-state index is 5.92. The average Bonchev–Trinajstić information content (AvgIpc) is 2.85. The molecule has 19 heavy (non-hydrogen) atoms. The maximum absolute atomic E-state index is 5.92. The predicted molar refractivity (Wildman–Crippen MR) is 77.3 cm³/mol. The van der Waals surface area contributed by atoms with Gasteiger partial charge in [-0.25, -0.2) is 0 Å². The highest BCUT2D eigenvalue weighted by Crippen LogP contribution is 2.29. The Hall–Kier alpha value is -2.26. The molecule has 2 N–H and O–H groups in total. The zero-order valence-corrected chi connectivity index (χ0v) is 10.8. The number of ether oxygens (including phenoxy) is 1. The summed E-state index contributed by atoms with van der Waals surface area (Å²) in [5.74, 6) is 0.863. The van der Waals surface area contributed by atoms with E-state index in [9.17, 15) is 0 Å². The van der Waals surface area contributed by atoms with Crippen LogP contribution in [0.25, 0.3) is 16.6 Å². The monoisotopic (exact) mass is 252 g/mol. The summed E-state index contributed by atoms with van der Waals surface area (Å²) in [6.07, 6.45) is 4.17. The maximum Gasteiger partial charge on any atom is 0.118 e. The molecular weight excluding hydrogens is 236 g/mol. The molecule has 0 saturated heterocycles. The average molecular weight is 252 g/mol. The first-order valence-corrected chi connectivity index (χ1v) is 6.26. The second-order valence-corrected chi connectivity index (χ2v) is 4.45. The smallest absolute Gasteiger partial charge is 0.118 e. The molecular formula is C16H16N2O. The molecule has 0 atom stereocenters. The lowest BCUT2D eigenvalue weighted by Gasteiger charge is -2.04. The number of pyridine rings is 1. The van der Waals surface area contributed by atoms with Crippen LogP contribution in [0.2, 0.25) is 0 Å². The van der Waals surface area contributed by atoms with E-state index in [0.717, 1.165) is 16.8 Å². The molecule has 0 aliphatic rings. The van der Waals surface area contributed by atoms with E-state index in [1.165, 1.54) is 11.1 Å². The fourth-order valence-electron chi connectivity index (χ4n) is 2.41. The fraction of sp³-hybridized carbons (Fsp3) is 0.125. The van der Waals surface area contributed by atoms with Crippen LogP contribution in [-0.4, -0.2) is 11.5 Å². The molecule has 0 unspecified atom stereocenters. The third-order valence-electron chi connectivity index (χ3n) is 3.40. The normalized spacial score (nSPS) is 10.8. The van der Waals surface area contributed by atoms with Gasteiger partial charge in [-0.15, -0.1) is 0 Å². The number of methoxy groups -OCH3 is 1. The summed E-state index contributed by atoms with van der Waals surface area (Å²) >= 11 is 0. The van der Waals surface area contributed by atoms with Gasteiger partial charge in [-0.05, 0) is 35.4 Å². The molecule has 3 rings (SSSR count). The van der Waals surface area contributed by atoms with E-state index in [1.807, 2.05) is 30.5 Å². The van der Waals surface area contributed by atoms with Gasteiger partial charge in [-0.3, -0.25) is 0 Å². The van der Waals surface area contributed by atoms with E-state index in [0.29, 0.717) is 6.54 Å². The highest BCUT2D eigenvalue weighted by Gasteiger charge is 2.10. The Balaban J connectivity index is 2.17. The second-order valence-electron chi connectivity index (χ2n) is 4.45. The zero-order chi connectivity index (χ0) is 13.2. The van der Waals surface area contributed by atoms with Gasteiger partial charge in [-0.1, -0.05) is 18.2 Å².